The number of carbonyl (C=O) groups excluding carboxylic acids is 2. The van der Waals surface area contributed by atoms with Gasteiger partial charge in [0.05, 0.1) is 6.54 Å². The molecule has 6 heteroatoms. The van der Waals surface area contributed by atoms with Crippen molar-refractivity contribution in [3.05, 3.63) is 11.1 Å². The molecule has 98 valence electrons. The fourth-order valence-electron chi connectivity index (χ4n) is 1.86. The lowest BCUT2D eigenvalue weighted by Crippen LogP contribution is -2.29. The zero-order chi connectivity index (χ0) is 13.1. The van der Waals surface area contributed by atoms with Gasteiger partial charge in [0, 0.05) is 30.0 Å². The van der Waals surface area contributed by atoms with E-state index in [-0.39, 0.29) is 17.7 Å². The van der Waals surface area contributed by atoms with E-state index in [4.69, 9.17) is 0 Å². The molecule has 1 N–H and O–H groups in total. The topological polar surface area (TPSA) is 62.3 Å². The van der Waals surface area contributed by atoms with Crippen molar-refractivity contribution in [1.82, 2.24) is 9.88 Å². The van der Waals surface area contributed by atoms with Gasteiger partial charge in [-0.05, 0) is 6.42 Å². The normalized spacial score (nSPS) is 19.7. The molecule has 1 aromatic rings. The van der Waals surface area contributed by atoms with Crippen molar-refractivity contribution >= 4 is 28.3 Å². The Bertz CT molecular complexity index is 458. The summed E-state index contributed by atoms with van der Waals surface area (Å²) in [6.07, 6.45) is 3.10. The van der Waals surface area contributed by atoms with Gasteiger partial charge in [-0.25, -0.2) is 4.98 Å². The molecule has 0 spiro atoms. The summed E-state index contributed by atoms with van der Waals surface area (Å²) in [7, 11) is 0. The van der Waals surface area contributed by atoms with Crippen LogP contribution >= 0.6 is 11.3 Å². The molecule has 1 atom stereocenters. The third kappa shape index (κ3) is 2.69. The van der Waals surface area contributed by atoms with Crippen LogP contribution in [-0.4, -0.2) is 28.2 Å². The van der Waals surface area contributed by atoms with Crippen LogP contribution in [0.5, 0.6) is 0 Å². The predicted molar refractivity (Wildman–Crippen MR) is 70.2 cm³/mol. The van der Waals surface area contributed by atoms with E-state index in [1.54, 1.807) is 13.1 Å². The summed E-state index contributed by atoms with van der Waals surface area (Å²) in [5.74, 6) is -0.330. The van der Waals surface area contributed by atoms with Crippen molar-refractivity contribution < 1.29 is 9.59 Å². The van der Waals surface area contributed by atoms with Gasteiger partial charge in [0.2, 0.25) is 11.8 Å². The zero-order valence-corrected chi connectivity index (χ0v) is 11.4. The zero-order valence-electron chi connectivity index (χ0n) is 10.6. The van der Waals surface area contributed by atoms with E-state index in [0.717, 1.165) is 23.0 Å². The Kier molecular flexibility index (Phi) is 3.96. The fourth-order valence-corrected chi connectivity index (χ4v) is 2.69. The van der Waals surface area contributed by atoms with E-state index in [2.05, 4.69) is 17.2 Å². The minimum absolute atomic E-state index is 0.0727. The van der Waals surface area contributed by atoms with Gasteiger partial charge in [-0.2, -0.15) is 0 Å². The minimum atomic E-state index is -0.178. The monoisotopic (exact) mass is 267 g/mol. The number of carbonyl (C=O) groups is 2. The number of nitrogens with one attached hydrogen (secondary N) is 1. The van der Waals surface area contributed by atoms with Gasteiger partial charge in [-0.3, -0.25) is 14.5 Å². The van der Waals surface area contributed by atoms with Gasteiger partial charge in [0.1, 0.15) is 0 Å². The fraction of sp³-hybridized carbons (Fsp3) is 0.583. The van der Waals surface area contributed by atoms with Gasteiger partial charge < -0.3 is 5.32 Å². The van der Waals surface area contributed by atoms with Crippen molar-refractivity contribution in [2.75, 3.05) is 11.9 Å². The highest BCUT2D eigenvalue weighted by molar-refractivity contribution is 7.15. The highest BCUT2D eigenvalue weighted by atomic mass is 32.1. The van der Waals surface area contributed by atoms with Crippen molar-refractivity contribution in [2.45, 2.75) is 33.2 Å². The maximum atomic E-state index is 11.8. The number of nitrogens with zero attached hydrogens (tertiary/aromatic N) is 2. The Morgan fingerprint density at radius 1 is 1.56 bits per heavy atom. The Hall–Kier alpha value is -1.43. The van der Waals surface area contributed by atoms with E-state index >= 15 is 0 Å². The predicted octanol–water partition coefficient (Wildman–Crippen LogP) is 1.86. The van der Waals surface area contributed by atoms with E-state index in [1.165, 1.54) is 16.2 Å². The number of rotatable bonds is 5. The van der Waals surface area contributed by atoms with Crippen LogP contribution in [0.15, 0.2) is 6.20 Å². The van der Waals surface area contributed by atoms with Crippen LogP contribution < -0.4 is 5.32 Å². The summed E-state index contributed by atoms with van der Waals surface area (Å²) >= 11 is 1.50. The second-order valence-electron chi connectivity index (χ2n) is 4.48. The van der Waals surface area contributed by atoms with Gasteiger partial charge in [-0.1, -0.05) is 13.8 Å². The molecular formula is C12H17N3O2S. The molecule has 0 bridgehead atoms. The Balaban J connectivity index is 1.99. The van der Waals surface area contributed by atoms with Crippen molar-refractivity contribution in [3.8, 4) is 0 Å². The Morgan fingerprint density at radius 3 is 2.94 bits per heavy atom. The largest absolute Gasteiger partial charge is 0.362 e. The summed E-state index contributed by atoms with van der Waals surface area (Å²) in [6.45, 7) is 5.12. The summed E-state index contributed by atoms with van der Waals surface area (Å²) in [6, 6.07) is 0. The first-order valence-electron chi connectivity index (χ1n) is 6.14. The molecule has 1 saturated heterocycles. The molecule has 1 unspecified atom stereocenters. The van der Waals surface area contributed by atoms with Gasteiger partial charge >= 0.3 is 0 Å². The molecular weight excluding hydrogens is 250 g/mol. The quantitative estimate of drug-likeness (QED) is 0.827. The lowest BCUT2D eigenvalue weighted by Gasteiger charge is -2.12. The van der Waals surface area contributed by atoms with Gasteiger partial charge in [0.15, 0.2) is 5.13 Å². The number of likely N-dealkylation sites (tertiary alicyclic amines) is 1. The lowest BCUT2D eigenvalue weighted by molar-refractivity contribution is -0.139. The first-order chi connectivity index (χ1) is 8.61. The van der Waals surface area contributed by atoms with Crippen molar-refractivity contribution in [2.24, 2.45) is 5.92 Å². The molecule has 0 aromatic carbocycles. The second kappa shape index (κ2) is 5.48. The molecule has 0 aliphatic carbocycles. The third-order valence-corrected chi connectivity index (χ3v) is 3.80. The number of hydrogen-bond acceptors (Lipinski definition) is 5. The minimum Gasteiger partial charge on any atom is -0.362 e. The molecule has 2 rings (SSSR count). The number of thiazole rings is 1. The van der Waals surface area contributed by atoms with E-state index in [0.29, 0.717) is 13.0 Å². The van der Waals surface area contributed by atoms with Crippen LogP contribution in [0.2, 0.25) is 0 Å². The van der Waals surface area contributed by atoms with Crippen LogP contribution in [0.1, 0.15) is 31.6 Å². The van der Waals surface area contributed by atoms with Crippen LogP contribution in [0, 0.1) is 5.92 Å². The Labute approximate surface area is 110 Å². The molecule has 1 aliphatic heterocycles. The van der Waals surface area contributed by atoms with Crippen LogP contribution in [0.4, 0.5) is 5.13 Å². The average Bonchev–Trinajstić information content (AvgIpc) is 2.88. The summed E-state index contributed by atoms with van der Waals surface area (Å²) in [5, 5.41) is 4.04. The molecule has 2 amide bonds. The SMILES string of the molecule is CCCNc1ncc(CN2C(=O)CC(C)C2=O)s1. The van der Waals surface area contributed by atoms with Crippen LogP contribution in [0.3, 0.4) is 0 Å². The Morgan fingerprint density at radius 2 is 2.33 bits per heavy atom. The van der Waals surface area contributed by atoms with Crippen LogP contribution in [0.25, 0.3) is 0 Å². The lowest BCUT2D eigenvalue weighted by atomic mass is 10.1. The van der Waals surface area contributed by atoms with Gasteiger partial charge in [0.25, 0.3) is 0 Å². The first kappa shape index (κ1) is 13.0. The van der Waals surface area contributed by atoms with E-state index in [1.807, 2.05) is 0 Å². The highest BCUT2D eigenvalue weighted by Crippen LogP contribution is 2.25. The van der Waals surface area contributed by atoms with Crippen molar-refractivity contribution in [3.63, 3.8) is 0 Å². The molecule has 2 heterocycles. The van der Waals surface area contributed by atoms with E-state index < -0.39 is 0 Å². The highest BCUT2D eigenvalue weighted by Gasteiger charge is 2.35. The molecule has 5 nitrogen and oxygen atoms in total. The second-order valence-corrected chi connectivity index (χ2v) is 5.60. The molecule has 1 fully saturated rings. The molecule has 1 aliphatic rings. The average molecular weight is 267 g/mol. The number of imide groups is 1. The first-order valence-corrected chi connectivity index (χ1v) is 6.96. The molecule has 0 saturated carbocycles. The molecule has 1 aromatic heterocycles. The smallest absolute Gasteiger partial charge is 0.232 e. The van der Waals surface area contributed by atoms with Gasteiger partial charge in [-0.15, -0.1) is 11.3 Å². The molecule has 18 heavy (non-hydrogen) atoms. The summed E-state index contributed by atoms with van der Waals surface area (Å²) in [4.78, 5) is 29.9. The standard InChI is InChI=1S/C12H17N3O2S/c1-3-4-13-12-14-6-9(18-12)7-15-10(16)5-8(2)11(15)17/h6,8H,3-5,7H2,1-2H3,(H,13,14). The van der Waals surface area contributed by atoms with Crippen LogP contribution in [-0.2, 0) is 16.1 Å². The maximum Gasteiger partial charge on any atom is 0.232 e. The third-order valence-electron chi connectivity index (χ3n) is 2.86. The van der Waals surface area contributed by atoms with E-state index in [9.17, 15) is 9.59 Å². The number of amides is 2. The maximum absolute atomic E-state index is 11.8. The van der Waals surface area contributed by atoms with Crippen molar-refractivity contribution in [1.29, 1.82) is 0 Å². The number of aromatic nitrogens is 1. The number of anilines is 1. The molecule has 0 radical (unpaired) electrons. The summed E-state index contributed by atoms with van der Waals surface area (Å²) in [5.41, 5.74) is 0. The number of hydrogen-bond donors (Lipinski definition) is 1. The summed E-state index contributed by atoms with van der Waals surface area (Å²) < 4.78 is 0.